The fourth-order valence-electron chi connectivity index (χ4n) is 6.93. The number of nitrogens with zero attached hydrogens (tertiary/aromatic N) is 4. The molecule has 1 unspecified atom stereocenters. The zero-order valence-corrected chi connectivity index (χ0v) is 35.4. The molecule has 2 fully saturated rings. The van der Waals surface area contributed by atoms with Crippen molar-refractivity contribution in [3.05, 3.63) is 59.2 Å². The molecule has 0 radical (unpaired) electrons. The molecule has 4 amide bonds. The van der Waals surface area contributed by atoms with Crippen molar-refractivity contribution in [2.24, 2.45) is 0 Å². The third-order valence-corrected chi connectivity index (χ3v) is 9.71. The molecule has 320 valence electrons. The Morgan fingerprint density at radius 2 is 1.50 bits per heavy atom. The second-order valence-electron chi connectivity index (χ2n) is 16.7. The summed E-state index contributed by atoms with van der Waals surface area (Å²) in [5.41, 5.74) is 0.742. The standard InChI is InChI=1S/C43H62N4O11/c1-9-55-36-25-35(54-8)16-15-33(36)27-47(41(53)58-43(5,6)7)28-37(48)45-19-11-14-32(26-45)30-12-10-13-31(24-30)39(51)44-20-17-34(18-21-44)56-23-22-46(29-38(49)50)40(52)57-42(2,3)4/h10,12-13,15-16,24-25,32,34H,9,11,14,17-23,26-29H2,1-8H3,(H,49,50). The molecule has 2 aromatic rings. The van der Waals surface area contributed by atoms with Crippen molar-refractivity contribution in [1.82, 2.24) is 19.6 Å². The number of benzene rings is 2. The first-order chi connectivity index (χ1) is 27.3. The molecule has 2 aliphatic heterocycles. The third-order valence-electron chi connectivity index (χ3n) is 9.71. The van der Waals surface area contributed by atoms with E-state index in [9.17, 15) is 29.1 Å². The molecule has 4 rings (SSSR count). The number of carbonyl (C=O) groups excluding carboxylic acids is 4. The molecular weight excluding hydrogens is 748 g/mol. The quantitative estimate of drug-likeness (QED) is 0.219. The molecule has 1 N–H and O–H groups in total. The summed E-state index contributed by atoms with van der Waals surface area (Å²) in [5, 5.41) is 9.26. The molecule has 0 spiro atoms. The highest BCUT2D eigenvalue weighted by Gasteiger charge is 2.31. The van der Waals surface area contributed by atoms with Gasteiger partial charge in [0.2, 0.25) is 5.91 Å². The number of hydrogen-bond acceptors (Lipinski definition) is 10. The van der Waals surface area contributed by atoms with Gasteiger partial charge in [-0.25, -0.2) is 9.59 Å². The number of hydrogen-bond donors (Lipinski definition) is 1. The molecule has 2 aromatic carbocycles. The van der Waals surface area contributed by atoms with Crippen LogP contribution in [-0.4, -0.2) is 138 Å². The summed E-state index contributed by atoms with van der Waals surface area (Å²) in [6.45, 7) is 14.4. The number of amides is 4. The number of carboxylic acids is 1. The van der Waals surface area contributed by atoms with Crippen LogP contribution in [-0.2, 0) is 30.3 Å². The van der Waals surface area contributed by atoms with Crippen molar-refractivity contribution in [3.8, 4) is 11.5 Å². The van der Waals surface area contributed by atoms with E-state index in [1.807, 2.05) is 37.3 Å². The number of methoxy groups -OCH3 is 1. The van der Waals surface area contributed by atoms with Gasteiger partial charge in [-0.1, -0.05) is 12.1 Å². The molecule has 0 bridgehead atoms. The van der Waals surface area contributed by atoms with Gasteiger partial charge in [0, 0.05) is 55.8 Å². The number of ether oxygens (including phenoxy) is 5. The Hall–Kier alpha value is -5.05. The molecule has 15 nitrogen and oxygen atoms in total. The topological polar surface area (TPSA) is 165 Å². The minimum Gasteiger partial charge on any atom is -0.497 e. The second kappa shape index (κ2) is 20.6. The zero-order valence-electron chi connectivity index (χ0n) is 35.4. The Morgan fingerprint density at radius 3 is 2.12 bits per heavy atom. The van der Waals surface area contributed by atoms with Crippen LogP contribution in [0.1, 0.15) is 102 Å². The molecule has 15 heteroatoms. The number of carbonyl (C=O) groups is 5. The lowest BCUT2D eigenvalue weighted by molar-refractivity contribution is -0.138. The van der Waals surface area contributed by atoms with Crippen LogP contribution in [0.5, 0.6) is 11.5 Å². The van der Waals surface area contributed by atoms with Gasteiger partial charge >= 0.3 is 18.2 Å². The smallest absolute Gasteiger partial charge is 0.411 e. The molecule has 2 saturated heterocycles. The molecule has 0 aliphatic carbocycles. The van der Waals surface area contributed by atoms with Crippen LogP contribution >= 0.6 is 0 Å². The van der Waals surface area contributed by atoms with Crippen LogP contribution in [0.15, 0.2) is 42.5 Å². The van der Waals surface area contributed by atoms with E-state index in [1.54, 1.807) is 70.6 Å². The fraction of sp³-hybridized carbons (Fsp3) is 0.605. The largest absolute Gasteiger partial charge is 0.497 e. The van der Waals surface area contributed by atoms with Crippen LogP contribution < -0.4 is 9.47 Å². The van der Waals surface area contributed by atoms with Crippen LogP contribution in [0, 0.1) is 0 Å². The maximum Gasteiger partial charge on any atom is 0.411 e. The Balaban J connectivity index is 1.35. The van der Waals surface area contributed by atoms with Crippen molar-refractivity contribution in [2.45, 2.75) is 104 Å². The number of piperidine rings is 2. The maximum atomic E-state index is 13.9. The van der Waals surface area contributed by atoms with Gasteiger partial charge in [0.05, 0.1) is 33.0 Å². The fourth-order valence-corrected chi connectivity index (χ4v) is 6.93. The number of rotatable bonds is 15. The van der Waals surface area contributed by atoms with Crippen molar-refractivity contribution in [3.63, 3.8) is 0 Å². The van der Waals surface area contributed by atoms with Gasteiger partial charge in [-0.2, -0.15) is 0 Å². The van der Waals surface area contributed by atoms with Crippen LogP contribution in [0.25, 0.3) is 0 Å². The lowest BCUT2D eigenvalue weighted by Crippen LogP contribution is -2.47. The van der Waals surface area contributed by atoms with Gasteiger partial charge in [0.15, 0.2) is 0 Å². The van der Waals surface area contributed by atoms with Crippen molar-refractivity contribution in [1.29, 1.82) is 0 Å². The summed E-state index contributed by atoms with van der Waals surface area (Å²) < 4.78 is 28.3. The van der Waals surface area contributed by atoms with Crippen LogP contribution in [0.4, 0.5) is 9.59 Å². The Labute approximate surface area is 342 Å². The lowest BCUT2D eigenvalue weighted by atomic mass is 9.89. The number of carboxylic acid groups (broad SMARTS) is 1. The second-order valence-corrected chi connectivity index (χ2v) is 16.7. The molecule has 58 heavy (non-hydrogen) atoms. The maximum absolute atomic E-state index is 13.9. The van der Waals surface area contributed by atoms with E-state index < -0.39 is 35.9 Å². The first kappa shape index (κ1) is 45.6. The van der Waals surface area contributed by atoms with E-state index in [0.717, 1.165) is 28.9 Å². The molecule has 0 aromatic heterocycles. The first-order valence-electron chi connectivity index (χ1n) is 20.1. The molecule has 0 saturated carbocycles. The Morgan fingerprint density at radius 1 is 0.828 bits per heavy atom. The zero-order chi connectivity index (χ0) is 42.6. The van der Waals surface area contributed by atoms with Gasteiger partial charge in [-0.15, -0.1) is 0 Å². The van der Waals surface area contributed by atoms with Gasteiger partial charge < -0.3 is 38.6 Å². The Bertz CT molecular complexity index is 1730. The van der Waals surface area contributed by atoms with Gasteiger partial charge in [0.1, 0.15) is 35.8 Å². The number of likely N-dealkylation sites (tertiary alicyclic amines) is 2. The van der Waals surface area contributed by atoms with Gasteiger partial charge in [0.25, 0.3) is 5.91 Å². The van der Waals surface area contributed by atoms with Crippen LogP contribution in [0.3, 0.4) is 0 Å². The average Bonchev–Trinajstić information content (AvgIpc) is 3.16. The minimum absolute atomic E-state index is 0.00656. The molecule has 2 heterocycles. The highest BCUT2D eigenvalue weighted by molar-refractivity contribution is 5.94. The van der Waals surface area contributed by atoms with Crippen molar-refractivity contribution < 1.29 is 52.8 Å². The van der Waals surface area contributed by atoms with Crippen LogP contribution in [0.2, 0.25) is 0 Å². The van der Waals surface area contributed by atoms with Gasteiger partial charge in [-0.3, -0.25) is 24.2 Å². The van der Waals surface area contributed by atoms with E-state index in [-0.39, 0.29) is 50.1 Å². The normalized spacial score (nSPS) is 16.3. The summed E-state index contributed by atoms with van der Waals surface area (Å²) in [4.78, 5) is 71.0. The highest BCUT2D eigenvalue weighted by Crippen LogP contribution is 2.30. The predicted octanol–water partition coefficient (Wildman–Crippen LogP) is 6.18. The Kier molecular flexibility index (Phi) is 16.2. The SMILES string of the molecule is CCOc1cc(OC)ccc1CN(CC(=O)N1CCCC(c2cccc(C(=O)N3CCC(OCCN(CC(=O)O)C(=O)OC(C)(C)C)CC3)c2)C1)C(=O)OC(C)(C)C. The summed E-state index contributed by atoms with van der Waals surface area (Å²) in [7, 11) is 1.57. The van der Waals surface area contributed by atoms with Crippen molar-refractivity contribution in [2.75, 3.05) is 66.1 Å². The van der Waals surface area contributed by atoms with E-state index in [4.69, 9.17) is 23.7 Å². The van der Waals surface area contributed by atoms with Gasteiger partial charge in [-0.05, 0) is 104 Å². The first-order valence-corrected chi connectivity index (χ1v) is 20.1. The molecule has 2 aliphatic rings. The monoisotopic (exact) mass is 810 g/mol. The van der Waals surface area contributed by atoms with E-state index in [0.29, 0.717) is 62.7 Å². The summed E-state index contributed by atoms with van der Waals surface area (Å²) in [5.74, 6) is -0.238. The predicted molar refractivity (Wildman–Crippen MR) is 216 cm³/mol. The molecule has 1 atom stereocenters. The van der Waals surface area contributed by atoms with E-state index >= 15 is 0 Å². The van der Waals surface area contributed by atoms with Crippen molar-refractivity contribution >= 4 is 30.0 Å². The summed E-state index contributed by atoms with van der Waals surface area (Å²) in [6, 6.07) is 13.0. The molecular formula is C43H62N4O11. The summed E-state index contributed by atoms with van der Waals surface area (Å²) >= 11 is 0. The summed E-state index contributed by atoms with van der Waals surface area (Å²) in [6.07, 6.45) is 1.37. The third kappa shape index (κ3) is 14.1. The number of aliphatic carboxylic acids is 1. The minimum atomic E-state index is -1.14. The van der Waals surface area contributed by atoms with E-state index in [2.05, 4.69) is 0 Å². The lowest BCUT2D eigenvalue weighted by Gasteiger charge is -2.35. The average molecular weight is 811 g/mol. The highest BCUT2D eigenvalue weighted by atomic mass is 16.6. The van der Waals surface area contributed by atoms with E-state index in [1.165, 1.54) is 4.90 Å².